The van der Waals surface area contributed by atoms with Crippen LogP contribution in [0.25, 0.3) is 0 Å². The van der Waals surface area contributed by atoms with Crippen molar-refractivity contribution in [2.45, 2.75) is 46.4 Å². The Kier molecular flexibility index (Phi) is 5.78. The van der Waals surface area contributed by atoms with Crippen LogP contribution in [0.1, 0.15) is 30.7 Å². The topological polar surface area (TPSA) is 70.5 Å². The van der Waals surface area contributed by atoms with E-state index in [-0.39, 0.29) is 11.9 Å². The summed E-state index contributed by atoms with van der Waals surface area (Å²) in [5.41, 5.74) is 3.24. The van der Waals surface area contributed by atoms with Gasteiger partial charge in [-0.15, -0.1) is 0 Å². The minimum atomic E-state index is -0.473. The van der Waals surface area contributed by atoms with E-state index in [4.69, 9.17) is 0 Å². The molecule has 0 spiro atoms. The number of nitrogens with zero attached hydrogens (tertiary/aromatic N) is 4. The number of imidazole rings is 1. The van der Waals surface area contributed by atoms with Gasteiger partial charge in [0.2, 0.25) is 5.91 Å². The number of hydrogen-bond donors (Lipinski definition) is 1. The highest BCUT2D eigenvalue weighted by molar-refractivity contribution is 5.88. The van der Waals surface area contributed by atoms with Gasteiger partial charge in [-0.2, -0.15) is 0 Å². The van der Waals surface area contributed by atoms with Crippen molar-refractivity contribution in [3.05, 3.63) is 53.6 Å². The normalized spacial score (nSPS) is 17.3. The fourth-order valence-electron chi connectivity index (χ4n) is 3.44. The maximum absolute atomic E-state index is 12.8. The van der Waals surface area contributed by atoms with Crippen molar-refractivity contribution in [3.63, 3.8) is 0 Å². The minimum absolute atomic E-state index is 0.0171. The van der Waals surface area contributed by atoms with Crippen LogP contribution < -0.4 is 5.32 Å². The Morgan fingerprint density at radius 1 is 1.33 bits per heavy atom. The number of carbonyl (C=O) groups excluding carboxylic acids is 2. The molecule has 1 aromatic carbocycles. The van der Waals surface area contributed by atoms with Crippen molar-refractivity contribution in [3.8, 4) is 0 Å². The maximum atomic E-state index is 12.8. The Labute approximate surface area is 160 Å². The molecule has 1 aliphatic heterocycles. The number of rotatable bonds is 5. The standard InChI is InChI=1S/C20H27N5O2/c1-4-23-14-21-11-18(23)12-22-20(27)25-9-8-24(19(26)16(25)3)13-17-7-5-6-15(2)10-17/h5-7,10-11,14,16H,4,8-9,12-13H2,1-3H3,(H,22,27)/t16-/m0/s1. The molecular formula is C20H27N5O2. The van der Waals surface area contributed by atoms with Gasteiger partial charge in [-0.25, -0.2) is 9.78 Å². The summed E-state index contributed by atoms with van der Waals surface area (Å²) < 4.78 is 1.98. The fourth-order valence-corrected chi connectivity index (χ4v) is 3.44. The van der Waals surface area contributed by atoms with Crippen molar-refractivity contribution < 1.29 is 9.59 Å². The van der Waals surface area contributed by atoms with Crippen molar-refractivity contribution in [1.29, 1.82) is 0 Å². The van der Waals surface area contributed by atoms with Crippen LogP contribution in [0.15, 0.2) is 36.8 Å². The van der Waals surface area contributed by atoms with Crippen LogP contribution in [0.3, 0.4) is 0 Å². The first-order valence-corrected chi connectivity index (χ1v) is 9.37. The number of amides is 3. The van der Waals surface area contributed by atoms with Gasteiger partial charge in [-0.1, -0.05) is 29.8 Å². The number of aryl methyl sites for hydroxylation is 2. The second-order valence-electron chi connectivity index (χ2n) is 6.95. The molecule has 0 unspecified atom stereocenters. The van der Waals surface area contributed by atoms with Crippen LogP contribution in [0.4, 0.5) is 4.79 Å². The molecular weight excluding hydrogens is 342 g/mol. The van der Waals surface area contributed by atoms with Crippen molar-refractivity contribution in [2.75, 3.05) is 13.1 Å². The third kappa shape index (κ3) is 4.30. The number of piperazine rings is 1. The Hall–Kier alpha value is -2.83. The highest BCUT2D eigenvalue weighted by atomic mass is 16.2. The van der Waals surface area contributed by atoms with E-state index in [9.17, 15) is 9.59 Å². The highest BCUT2D eigenvalue weighted by Gasteiger charge is 2.34. The molecule has 2 heterocycles. The molecule has 1 aromatic heterocycles. The lowest BCUT2D eigenvalue weighted by Gasteiger charge is -2.39. The summed E-state index contributed by atoms with van der Waals surface area (Å²) in [6, 6.07) is 7.48. The van der Waals surface area contributed by atoms with E-state index in [2.05, 4.69) is 16.4 Å². The molecule has 0 saturated carbocycles. The first-order chi connectivity index (χ1) is 13.0. The molecule has 1 aliphatic rings. The monoisotopic (exact) mass is 369 g/mol. The molecule has 1 fully saturated rings. The molecule has 0 radical (unpaired) electrons. The quantitative estimate of drug-likeness (QED) is 0.878. The second-order valence-corrected chi connectivity index (χ2v) is 6.95. The van der Waals surface area contributed by atoms with Crippen LogP contribution >= 0.6 is 0 Å². The fraction of sp³-hybridized carbons (Fsp3) is 0.450. The summed E-state index contributed by atoms with van der Waals surface area (Å²) in [4.78, 5) is 32.9. The Balaban J connectivity index is 1.58. The Bertz CT molecular complexity index is 816. The molecule has 1 saturated heterocycles. The van der Waals surface area contributed by atoms with Gasteiger partial charge in [-0.3, -0.25) is 4.79 Å². The Morgan fingerprint density at radius 2 is 2.15 bits per heavy atom. The van der Waals surface area contributed by atoms with Gasteiger partial charge in [-0.05, 0) is 26.3 Å². The molecule has 1 N–H and O–H groups in total. The van der Waals surface area contributed by atoms with Crippen LogP contribution in [0, 0.1) is 6.92 Å². The number of benzene rings is 1. The van der Waals surface area contributed by atoms with Crippen LogP contribution in [-0.4, -0.2) is 50.4 Å². The van der Waals surface area contributed by atoms with Gasteiger partial charge in [0.15, 0.2) is 0 Å². The molecule has 0 bridgehead atoms. The first kappa shape index (κ1) is 18.9. The summed E-state index contributed by atoms with van der Waals surface area (Å²) in [7, 11) is 0. The van der Waals surface area contributed by atoms with Crippen molar-refractivity contribution in [1.82, 2.24) is 24.7 Å². The van der Waals surface area contributed by atoms with Crippen molar-refractivity contribution in [2.24, 2.45) is 0 Å². The zero-order chi connectivity index (χ0) is 19.4. The summed E-state index contributed by atoms with van der Waals surface area (Å²) >= 11 is 0. The van der Waals surface area contributed by atoms with Gasteiger partial charge in [0.1, 0.15) is 6.04 Å². The van der Waals surface area contributed by atoms with Crippen LogP contribution in [0.2, 0.25) is 0 Å². The molecule has 7 heteroatoms. The lowest BCUT2D eigenvalue weighted by molar-refractivity contribution is -0.139. The molecule has 7 nitrogen and oxygen atoms in total. The zero-order valence-electron chi connectivity index (χ0n) is 16.2. The number of urea groups is 1. The Morgan fingerprint density at radius 3 is 2.89 bits per heavy atom. The average Bonchev–Trinajstić information content (AvgIpc) is 3.11. The third-order valence-corrected chi connectivity index (χ3v) is 5.02. The SMILES string of the molecule is CCn1cncc1CNC(=O)N1CCN(Cc2cccc(C)c2)C(=O)[C@@H]1C. The van der Waals surface area contributed by atoms with Crippen molar-refractivity contribution >= 4 is 11.9 Å². The summed E-state index contributed by atoms with van der Waals surface area (Å²) in [6.45, 7) is 8.71. The predicted molar refractivity (Wildman–Crippen MR) is 103 cm³/mol. The van der Waals surface area contributed by atoms with E-state index in [1.807, 2.05) is 41.5 Å². The van der Waals surface area contributed by atoms with Gasteiger partial charge in [0.05, 0.1) is 18.6 Å². The molecule has 0 aliphatic carbocycles. The molecule has 3 rings (SSSR count). The molecule has 3 amide bonds. The number of hydrogen-bond acceptors (Lipinski definition) is 3. The molecule has 1 atom stereocenters. The minimum Gasteiger partial charge on any atom is -0.335 e. The molecule has 27 heavy (non-hydrogen) atoms. The van der Waals surface area contributed by atoms with Crippen LogP contribution in [-0.2, 0) is 24.4 Å². The lowest BCUT2D eigenvalue weighted by atomic mass is 10.1. The lowest BCUT2D eigenvalue weighted by Crippen LogP contribution is -2.59. The van der Waals surface area contributed by atoms with E-state index in [0.29, 0.717) is 26.2 Å². The second kappa shape index (κ2) is 8.24. The van der Waals surface area contributed by atoms with Gasteiger partial charge < -0.3 is 19.7 Å². The molecule has 144 valence electrons. The smallest absolute Gasteiger partial charge is 0.318 e. The number of carbonyl (C=O) groups is 2. The van der Waals surface area contributed by atoms with E-state index < -0.39 is 6.04 Å². The van der Waals surface area contributed by atoms with E-state index in [1.165, 1.54) is 5.56 Å². The number of aromatic nitrogens is 2. The van der Waals surface area contributed by atoms with Crippen LogP contribution in [0.5, 0.6) is 0 Å². The molecule has 2 aromatic rings. The average molecular weight is 369 g/mol. The van der Waals surface area contributed by atoms with Gasteiger partial charge in [0, 0.05) is 32.4 Å². The summed E-state index contributed by atoms with van der Waals surface area (Å²) in [5.74, 6) is -0.0171. The van der Waals surface area contributed by atoms with E-state index in [0.717, 1.165) is 17.8 Å². The van der Waals surface area contributed by atoms with E-state index >= 15 is 0 Å². The first-order valence-electron chi connectivity index (χ1n) is 9.37. The third-order valence-electron chi connectivity index (χ3n) is 5.02. The summed E-state index contributed by atoms with van der Waals surface area (Å²) in [5, 5.41) is 2.91. The zero-order valence-corrected chi connectivity index (χ0v) is 16.2. The summed E-state index contributed by atoms with van der Waals surface area (Å²) in [6.07, 6.45) is 3.50. The van der Waals surface area contributed by atoms with Gasteiger partial charge >= 0.3 is 6.03 Å². The highest BCUT2D eigenvalue weighted by Crippen LogP contribution is 2.16. The number of nitrogens with one attached hydrogen (secondary N) is 1. The largest absolute Gasteiger partial charge is 0.335 e. The van der Waals surface area contributed by atoms with E-state index in [1.54, 1.807) is 24.3 Å². The predicted octanol–water partition coefficient (Wildman–Crippen LogP) is 2.15. The van der Waals surface area contributed by atoms with Gasteiger partial charge in [0.25, 0.3) is 0 Å². The maximum Gasteiger partial charge on any atom is 0.318 e.